The second-order valence-electron chi connectivity index (χ2n) is 3.60. The van der Waals surface area contributed by atoms with Crippen molar-refractivity contribution in [2.75, 3.05) is 7.11 Å². The number of aromatic nitrogens is 2. The molecule has 7 heteroatoms. The van der Waals surface area contributed by atoms with Crippen LogP contribution in [0.1, 0.15) is 11.7 Å². The van der Waals surface area contributed by atoms with E-state index in [1.165, 1.54) is 7.11 Å². The summed E-state index contributed by atoms with van der Waals surface area (Å²) < 4.78 is 9.47. The molecule has 5 nitrogen and oxygen atoms in total. The largest absolute Gasteiger partial charge is 0.469 e. The molecule has 0 aliphatic heterocycles. The van der Waals surface area contributed by atoms with Crippen molar-refractivity contribution < 1.29 is 14.1 Å². The predicted molar refractivity (Wildman–Crippen MR) is 71.0 cm³/mol. The molecule has 2 aromatic rings. The van der Waals surface area contributed by atoms with Crippen molar-refractivity contribution in [3.05, 3.63) is 41.0 Å². The first-order chi connectivity index (χ1) is 9.17. The standard InChI is InChI=1S/C12H11ClN2O3S/c1-17-12(16)6-11-14-10(15-18-11)7-19-9-4-2-8(13)3-5-9/h2-5H,6-7H2,1H3. The van der Waals surface area contributed by atoms with Gasteiger partial charge in [0.25, 0.3) is 0 Å². The number of rotatable bonds is 5. The van der Waals surface area contributed by atoms with E-state index in [1.807, 2.05) is 24.3 Å². The fourth-order valence-corrected chi connectivity index (χ4v) is 2.16. The van der Waals surface area contributed by atoms with Crippen molar-refractivity contribution in [1.29, 1.82) is 0 Å². The molecule has 1 aromatic heterocycles. The number of benzene rings is 1. The normalized spacial score (nSPS) is 10.4. The highest BCUT2D eigenvalue weighted by Crippen LogP contribution is 2.23. The Labute approximate surface area is 119 Å². The van der Waals surface area contributed by atoms with Crippen LogP contribution in [0.3, 0.4) is 0 Å². The maximum atomic E-state index is 11.0. The third kappa shape index (κ3) is 4.25. The summed E-state index contributed by atoms with van der Waals surface area (Å²) in [4.78, 5) is 16.2. The summed E-state index contributed by atoms with van der Waals surface area (Å²) in [5.41, 5.74) is 0. The minimum atomic E-state index is -0.402. The Hall–Kier alpha value is -1.53. The van der Waals surface area contributed by atoms with Gasteiger partial charge in [-0.15, -0.1) is 11.8 Å². The molecule has 0 N–H and O–H groups in total. The molecule has 0 aliphatic rings. The van der Waals surface area contributed by atoms with Crippen molar-refractivity contribution in [2.45, 2.75) is 17.1 Å². The zero-order valence-corrected chi connectivity index (χ0v) is 11.7. The van der Waals surface area contributed by atoms with Crippen LogP contribution in [0.4, 0.5) is 0 Å². The van der Waals surface area contributed by atoms with Crippen molar-refractivity contribution in [1.82, 2.24) is 10.1 Å². The molecule has 100 valence electrons. The van der Waals surface area contributed by atoms with E-state index in [1.54, 1.807) is 11.8 Å². The SMILES string of the molecule is COC(=O)Cc1nc(CSc2ccc(Cl)cc2)no1. The zero-order valence-electron chi connectivity index (χ0n) is 10.1. The van der Waals surface area contributed by atoms with E-state index in [0.717, 1.165) is 4.90 Å². The van der Waals surface area contributed by atoms with Gasteiger partial charge >= 0.3 is 5.97 Å². The molecule has 0 spiro atoms. The lowest BCUT2D eigenvalue weighted by atomic mass is 10.4. The summed E-state index contributed by atoms with van der Waals surface area (Å²) in [6, 6.07) is 7.48. The van der Waals surface area contributed by atoms with E-state index in [0.29, 0.717) is 16.6 Å². The molecule has 0 fully saturated rings. The molecular formula is C12H11ClN2O3S. The Morgan fingerprint density at radius 2 is 2.16 bits per heavy atom. The van der Waals surface area contributed by atoms with Gasteiger partial charge in [-0.1, -0.05) is 16.8 Å². The highest BCUT2D eigenvalue weighted by Gasteiger charge is 2.11. The minimum Gasteiger partial charge on any atom is -0.469 e. The quantitative estimate of drug-likeness (QED) is 0.624. The van der Waals surface area contributed by atoms with Gasteiger partial charge in [0.05, 0.1) is 12.9 Å². The van der Waals surface area contributed by atoms with Crippen LogP contribution in [0.2, 0.25) is 5.02 Å². The molecule has 0 unspecified atom stereocenters. The Morgan fingerprint density at radius 3 is 2.84 bits per heavy atom. The molecule has 0 bridgehead atoms. The number of hydrogen-bond donors (Lipinski definition) is 0. The van der Waals surface area contributed by atoms with Gasteiger partial charge in [-0.05, 0) is 24.3 Å². The van der Waals surface area contributed by atoms with Crippen molar-refractivity contribution in [2.24, 2.45) is 0 Å². The zero-order chi connectivity index (χ0) is 13.7. The molecule has 19 heavy (non-hydrogen) atoms. The van der Waals surface area contributed by atoms with E-state index in [2.05, 4.69) is 14.9 Å². The number of ether oxygens (including phenoxy) is 1. The molecule has 0 saturated carbocycles. The average Bonchev–Trinajstić information content (AvgIpc) is 2.85. The van der Waals surface area contributed by atoms with Gasteiger partial charge in [-0.25, -0.2) is 0 Å². The third-order valence-electron chi connectivity index (χ3n) is 2.21. The number of hydrogen-bond acceptors (Lipinski definition) is 6. The van der Waals surface area contributed by atoms with E-state index >= 15 is 0 Å². The monoisotopic (exact) mass is 298 g/mol. The number of carbonyl (C=O) groups is 1. The second-order valence-corrected chi connectivity index (χ2v) is 5.09. The Kier molecular flexibility index (Phi) is 4.81. The summed E-state index contributed by atoms with van der Waals surface area (Å²) in [6.07, 6.45) is -0.00485. The first-order valence-corrected chi connectivity index (χ1v) is 6.80. The molecular weight excluding hydrogens is 288 g/mol. The Morgan fingerprint density at radius 1 is 1.42 bits per heavy atom. The van der Waals surface area contributed by atoms with Gasteiger partial charge in [0, 0.05) is 9.92 Å². The van der Waals surface area contributed by atoms with Crippen LogP contribution in [-0.4, -0.2) is 23.2 Å². The van der Waals surface area contributed by atoms with E-state index in [9.17, 15) is 4.79 Å². The fraction of sp³-hybridized carbons (Fsp3) is 0.250. The van der Waals surface area contributed by atoms with Crippen molar-refractivity contribution in [3.8, 4) is 0 Å². The Bertz CT molecular complexity index is 556. The van der Waals surface area contributed by atoms with Gasteiger partial charge in [0.1, 0.15) is 6.42 Å². The van der Waals surface area contributed by atoms with Crippen LogP contribution < -0.4 is 0 Å². The highest BCUT2D eigenvalue weighted by atomic mass is 35.5. The predicted octanol–water partition coefficient (Wildman–Crippen LogP) is 2.73. The number of methoxy groups -OCH3 is 1. The summed E-state index contributed by atoms with van der Waals surface area (Å²) in [7, 11) is 1.32. The van der Waals surface area contributed by atoms with Crippen LogP contribution in [-0.2, 0) is 21.7 Å². The third-order valence-corrected chi connectivity index (χ3v) is 3.47. The van der Waals surface area contributed by atoms with Crippen LogP contribution in [0.25, 0.3) is 0 Å². The van der Waals surface area contributed by atoms with Crippen molar-refractivity contribution in [3.63, 3.8) is 0 Å². The molecule has 2 rings (SSSR count). The Balaban J connectivity index is 1.89. The first-order valence-electron chi connectivity index (χ1n) is 5.44. The molecule has 1 aromatic carbocycles. The lowest BCUT2D eigenvalue weighted by Gasteiger charge is -1.97. The molecule has 1 heterocycles. The maximum Gasteiger partial charge on any atom is 0.315 e. The number of halogens is 1. The average molecular weight is 299 g/mol. The van der Waals surface area contributed by atoms with Gasteiger partial charge in [-0.3, -0.25) is 4.79 Å². The summed E-state index contributed by atoms with van der Waals surface area (Å²) in [6.45, 7) is 0. The number of carbonyl (C=O) groups excluding carboxylic acids is 1. The molecule has 0 amide bonds. The summed E-state index contributed by atoms with van der Waals surface area (Å²) in [5.74, 6) is 0.963. The van der Waals surface area contributed by atoms with Gasteiger partial charge in [0.2, 0.25) is 5.89 Å². The molecule has 0 saturated heterocycles. The maximum absolute atomic E-state index is 11.0. The van der Waals surface area contributed by atoms with Crippen LogP contribution in [0.15, 0.2) is 33.7 Å². The summed E-state index contributed by atoms with van der Waals surface area (Å²) in [5, 5.41) is 4.49. The molecule has 0 atom stereocenters. The van der Waals surface area contributed by atoms with Crippen molar-refractivity contribution >= 4 is 29.3 Å². The lowest BCUT2D eigenvalue weighted by Crippen LogP contribution is -2.04. The molecule has 0 aliphatic carbocycles. The van der Waals surface area contributed by atoms with Crippen LogP contribution in [0.5, 0.6) is 0 Å². The van der Waals surface area contributed by atoms with E-state index in [4.69, 9.17) is 16.1 Å². The number of esters is 1. The highest BCUT2D eigenvalue weighted by molar-refractivity contribution is 7.98. The van der Waals surface area contributed by atoms with E-state index < -0.39 is 5.97 Å². The topological polar surface area (TPSA) is 65.2 Å². The smallest absolute Gasteiger partial charge is 0.315 e. The van der Waals surface area contributed by atoms with Gasteiger partial charge < -0.3 is 9.26 Å². The number of nitrogens with zero attached hydrogens (tertiary/aromatic N) is 2. The molecule has 0 radical (unpaired) electrons. The lowest BCUT2D eigenvalue weighted by molar-refractivity contribution is -0.140. The second kappa shape index (κ2) is 6.58. The van der Waals surface area contributed by atoms with Crippen LogP contribution >= 0.6 is 23.4 Å². The van der Waals surface area contributed by atoms with E-state index in [-0.39, 0.29) is 12.3 Å². The van der Waals surface area contributed by atoms with Crippen LogP contribution in [0, 0.1) is 0 Å². The fourth-order valence-electron chi connectivity index (χ4n) is 1.29. The summed E-state index contributed by atoms with van der Waals surface area (Å²) >= 11 is 7.36. The first kappa shape index (κ1) is 13.9. The minimum absolute atomic E-state index is 0.00485. The number of thioether (sulfide) groups is 1. The van der Waals surface area contributed by atoms with Gasteiger partial charge in [0.15, 0.2) is 5.82 Å². The van der Waals surface area contributed by atoms with Gasteiger partial charge in [-0.2, -0.15) is 4.98 Å².